The Morgan fingerprint density at radius 1 is 1.21 bits per heavy atom. The van der Waals surface area contributed by atoms with Crippen molar-refractivity contribution in [1.29, 1.82) is 0 Å². The highest BCUT2D eigenvalue weighted by molar-refractivity contribution is 5.98. The number of carbonyl (C=O) groups is 2. The van der Waals surface area contributed by atoms with Crippen LogP contribution >= 0.6 is 0 Å². The van der Waals surface area contributed by atoms with Crippen LogP contribution in [0.3, 0.4) is 0 Å². The Hall–Kier alpha value is -3.46. The van der Waals surface area contributed by atoms with Crippen molar-refractivity contribution >= 4 is 23.3 Å². The molecule has 2 aromatic carbocycles. The number of nitrogens with one attached hydrogen (secondary N) is 1. The van der Waals surface area contributed by atoms with Crippen LogP contribution in [0, 0.1) is 10.1 Å². The van der Waals surface area contributed by atoms with E-state index < -0.39 is 22.9 Å². The average molecular weight is 402 g/mol. The third-order valence-electron chi connectivity index (χ3n) is 3.99. The highest BCUT2D eigenvalue weighted by atomic mass is 16.6. The Kier molecular flexibility index (Phi) is 7.67. The first-order chi connectivity index (χ1) is 13.9. The summed E-state index contributed by atoms with van der Waals surface area (Å²) in [4.78, 5) is 35.2. The molecule has 0 saturated carbocycles. The summed E-state index contributed by atoms with van der Waals surface area (Å²) in [5.41, 5.74) is 0.663. The van der Waals surface area contributed by atoms with E-state index in [-0.39, 0.29) is 23.5 Å². The summed E-state index contributed by atoms with van der Waals surface area (Å²) < 4.78 is 15.8. The molecule has 0 aromatic heterocycles. The van der Waals surface area contributed by atoms with E-state index in [0.29, 0.717) is 17.9 Å². The summed E-state index contributed by atoms with van der Waals surface area (Å²) >= 11 is 0. The maximum absolute atomic E-state index is 12.4. The van der Waals surface area contributed by atoms with Crippen LogP contribution in [0.2, 0.25) is 0 Å². The summed E-state index contributed by atoms with van der Waals surface area (Å²) in [6.07, 6.45) is -1.17. The summed E-state index contributed by atoms with van der Waals surface area (Å²) in [5, 5.41) is 13.5. The van der Waals surface area contributed by atoms with Gasteiger partial charge in [-0.05, 0) is 38.1 Å². The predicted octanol–water partition coefficient (Wildman–Crippen LogP) is 3.32. The molecule has 0 unspecified atom stereocenters. The van der Waals surface area contributed by atoms with Crippen LogP contribution in [0.4, 0.5) is 11.4 Å². The average Bonchev–Trinajstić information content (AvgIpc) is 2.72. The molecule has 0 aliphatic heterocycles. The monoisotopic (exact) mass is 402 g/mol. The number of nitrogens with zero attached hydrogens (tertiary/aromatic N) is 1. The number of carbonyl (C=O) groups excluding carboxylic acids is 2. The van der Waals surface area contributed by atoms with Gasteiger partial charge in [0.2, 0.25) is 0 Å². The molecule has 0 radical (unpaired) electrons. The van der Waals surface area contributed by atoms with Gasteiger partial charge in [0.15, 0.2) is 6.10 Å². The smallest absolute Gasteiger partial charge is 0.338 e. The Morgan fingerprint density at radius 3 is 2.59 bits per heavy atom. The molecule has 1 atom stereocenters. The molecule has 2 rings (SSSR count). The van der Waals surface area contributed by atoms with Gasteiger partial charge in [0.1, 0.15) is 11.4 Å². The molecule has 0 saturated heterocycles. The van der Waals surface area contributed by atoms with Crippen molar-refractivity contribution in [2.24, 2.45) is 0 Å². The molecule has 2 aromatic rings. The minimum absolute atomic E-state index is 0.0221. The maximum Gasteiger partial charge on any atom is 0.338 e. The second-order valence-electron chi connectivity index (χ2n) is 5.97. The fourth-order valence-corrected chi connectivity index (χ4v) is 2.49. The predicted molar refractivity (Wildman–Crippen MR) is 105 cm³/mol. The van der Waals surface area contributed by atoms with Crippen LogP contribution in [0.1, 0.15) is 29.8 Å². The normalized spacial score (nSPS) is 11.4. The lowest BCUT2D eigenvalue weighted by Crippen LogP contribution is -2.30. The molecule has 0 aliphatic carbocycles. The van der Waals surface area contributed by atoms with E-state index in [9.17, 15) is 19.7 Å². The molecule has 0 heterocycles. The summed E-state index contributed by atoms with van der Waals surface area (Å²) in [5.74, 6) is -0.830. The first kappa shape index (κ1) is 21.8. The Labute approximate surface area is 167 Å². The molecule has 9 heteroatoms. The van der Waals surface area contributed by atoms with Gasteiger partial charge in [-0.1, -0.05) is 12.1 Å². The summed E-state index contributed by atoms with van der Waals surface area (Å²) in [7, 11) is 1.51. The molecule has 0 aliphatic rings. The van der Waals surface area contributed by atoms with Gasteiger partial charge in [-0.15, -0.1) is 0 Å². The quantitative estimate of drug-likeness (QED) is 0.388. The number of amides is 1. The van der Waals surface area contributed by atoms with Crippen molar-refractivity contribution in [2.75, 3.05) is 19.0 Å². The maximum atomic E-state index is 12.4. The van der Waals surface area contributed by atoms with Crippen molar-refractivity contribution in [2.45, 2.75) is 26.6 Å². The topological polar surface area (TPSA) is 117 Å². The van der Waals surface area contributed by atoms with Gasteiger partial charge in [-0.3, -0.25) is 14.9 Å². The van der Waals surface area contributed by atoms with E-state index in [4.69, 9.17) is 14.2 Å². The van der Waals surface area contributed by atoms with E-state index in [1.807, 2.05) is 6.92 Å². The third-order valence-corrected chi connectivity index (χ3v) is 3.99. The third kappa shape index (κ3) is 5.76. The van der Waals surface area contributed by atoms with E-state index >= 15 is 0 Å². The van der Waals surface area contributed by atoms with E-state index in [0.717, 1.165) is 0 Å². The first-order valence-electron chi connectivity index (χ1n) is 8.87. The fraction of sp³-hybridized carbons (Fsp3) is 0.300. The largest absolute Gasteiger partial charge is 0.496 e. The van der Waals surface area contributed by atoms with Crippen molar-refractivity contribution in [3.8, 4) is 5.75 Å². The minimum Gasteiger partial charge on any atom is -0.496 e. The van der Waals surface area contributed by atoms with E-state index in [1.54, 1.807) is 18.2 Å². The number of esters is 1. The molecule has 1 N–H and O–H groups in total. The molecular formula is C20H22N2O7. The molecule has 9 nitrogen and oxygen atoms in total. The zero-order valence-corrected chi connectivity index (χ0v) is 16.3. The SMILES string of the molecule is CCOCc1cc(C(=O)O[C@H](C)C(=O)Nc2ccccc2[N+](=O)[O-])ccc1OC. The summed E-state index contributed by atoms with van der Waals surface area (Å²) in [6, 6.07) is 10.4. The lowest BCUT2D eigenvalue weighted by molar-refractivity contribution is -0.383. The van der Waals surface area contributed by atoms with Gasteiger partial charge < -0.3 is 19.5 Å². The first-order valence-corrected chi connectivity index (χ1v) is 8.87. The van der Waals surface area contributed by atoms with Gasteiger partial charge in [-0.2, -0.15) is 0 Å². The number of para-hydroxylation sites is 2. The highest BCUT2D eigenvalue weighted by Gasteiger charge is 2.22. The number of benzene rings is 2. The van der Waals surface area contributed by atoms with Gasteiger partial charge in [-0.25, -0.2) is 4.79 Å². The molecule has 1 amide bonds. The van der Waals surface area contributed by atoms with Gasteiger partial charge in [0, 0.05) is 18.2 Å². The molecule has 0 spiro atoms. The second-order valence-corrected chi connectivity index (χ2v) is 5.97. The number of nitro groups is 1. The van der Waals surface area contributed by atoms with Gasteiger partial charge in [0.25, 0.3) is 11.6 Å². The van der Waals surface area contributed by atoms with E-state index in [1.165, 1.54) is 38.3 Å². The van der Waals surface area contributed by atoms with Crippen molar-refractivity contribution in [3.05, 3.63) is 63.7 Å². The zero-order chi connectivity index (χ0) is 21.4. The molecule has 0 bridgehead atoms. The fourth-order valence-electron chi connectivity index (χ4n) is 2.49. The Morgan fingerprint density at radius 2 is 1.93 bits per heavy atom. The van der Waals surface area contributed by atoms with Crippen LogP contribution in [-0.4, -0.2) is 36.6 Å². The number of methoxy groups -OCH3 is 1. The minimum atomic E-state index is -1.17. The van der Waals surface area contributed by atoms with Crippen molar-refractivity contribution in [3.63, 3.8) is 0 Å². The Balaban J connectivity index is 2.08. The highest BCUT2D eigenvalue weighted by Crippen LogP contribution is 2.24. The molecule has 29 heavy (non-hydrogen) atoms. The van der Waals surface area contributed by atoms with Crippen LogP contribution < -0.4 is 10.1 Å². The number of nitro benzene ring substituents is 1. The number of hydrogen-bond acceptors (Lipinski definition) is 7. The molecular weight excluding hydrogens is 380 g/mol. The van der Waals surface area contributed by atoms with Crippen LogP contribution in [0.15, 0.2) is 42.5 Å². The van der Waals surface area contributed by atoms with Crippen molar-refractivity contribution in [1.82, 2.24) is 0 Å². The zero-order valence-electron chi connectivity index (χ0n) is 16.3. The molecule has 154 valence electrons. The molecule has 0 fully saturated rings. The van der Waals surface area contributed by atoms with Crippen LogP contribution in [0.5, 0.6) is 5.75 Å². The number of rotatable bonds is 9. The number of ether oxygens (including phenoxy) is 3. The second kappa shape index (κ2) is 10.2. The van der Waals surface area contributed by atoms with Crippen LogP contribution in [0.25, 0.3) is 0 Å². The lowest BCUT2D eigenvalue weighted by Gasteiger charge is -2.15. The Bertz CT molecular complexity index is 898. The number of hydrogen-bond donors (Lipinski definition) is 1. The van der Waals surface area contributed by atoms with Gasteiger partial charge in [0.05, 0.1) is 24.2 Å². The standard InChI is InChI=1S/C20H22N2O7/c1-4-28-12-15-11-14(9-10-18(15)27-3)20(24)29-13(2)19(23)21-16-7-5-6-8-17(16)22(25)26/h5-11,13H,4,12H2,1-3H3,(H,21,23)/t13-/m1/s1. The van der Waals surface area contributed by atoms with Crippen molar-refractivity contribution < 1.29 is 28.7 Å². The summed E-state index contributed by atoms with van der Waals surface area (Å²) in [6.45, 7) is 3.99. The lowest BCUT2D eigenvalue weighted by atomic mass is 10.1. The van der Waals surface area contributed by atoms with E-state index in [2.05, 4.69) is 5.32 Å². The van der Waals surface area contributed by atoms with Gasteiger partial charge >= 0.3 is 5.97 Å². The number of anilines is 1. The van der Waals surface area contributed by atoms with Crippen LogP contribution in [-0.2, 0) is 20.9 Å².